The van der Waals surface area contributed by atoms with Crippen LogP contribution in [0.2, 0.25) is 0 Å². The van der Waals surface area contributed by atoms with Crippen LogP contribution in [0.5, 0.6) is 0 Å². The van der Waals surface area contributed by atoms with Crippen LogP contribution < -0.4 is 10.6 Å². The summed E-state index contributed by atoms with van der Waals surface area (Å²) in [6.45, 7) is 9.75. The smallest absolute Gasteiger partial charge is 0.407 e. The second kappa shape index (κ2) is 12.0. The summed E-state index contributed by atoms with van der Waals surface area (Å²) in [5.74, 6) is 0.0804. The van der Waals surface area contributed by atoms with Crippen molar-refractivity contribution in [3.05, 3.63) is 84.4 Å². The molecule has 0 spiro atoms. The minimum Gasteiger partial charge on any atom is -0.444 e. The Morgan fingerprint density at radius 1 is 1.12 bits per heavy atom. The molecule has 2 aromatic carbocycles. The van der Waals surface area contributed by atoms with Gasteiger partial charge < -0.3 is 24.4 Å². The highest BCUT2D eigenvalue weighted by Gasteiger charge is 2.25. The average Bonchev–Trinajstić information content (AvgIpc) is 3.58. The van der Waals surface area contributed by atoms with E-state index in [1.54, 1.807) is 12.5 Å². The summed E-state index contributed by atoms with van der Waals surface area (Å²) in [5, 5.41) is 5.96. The number of likely N-dealkylation sites (tertiary alicyclic amines) is 1. The van der Waals surface area contributed by atoms with Gasteiger partial charge in [0.15, 0.2) is 5.76 Å². The van der Waals surface area contributed by atoms with Crippen molar-refractivity contribution in [3.63, 3.8) is 0 Å². The summed E-state index contributed by atoms with van der Waals surface area (Å²) in [6, 6.07) is 15.5. The molecule has 2 N–H and O–H groups in total. The van der Waals surface area contributed by atoms with E-state index in [0.29, 0.717) is 24.5 Å². The monoisotopic (exact) mass is 556 g/mol. The van der Waals surface area contributed by atoms with Crippen LogP contribution in [0.1, 0.15) is 55.6 Å². The highest BCUT2D eigenvalue weighted by atomic mass is 16.6. The number of carbonyl (C=O) groups excluding carboxylic acids is 2. The number of piperidine rings is 1. The molecule has 10 nitrogen and oxygen atoms in total. The second-order valence-corrected chi connectivity index (χ2v) is 11.4. The molecule has 10 heteroatoms. The maximum absolute atomic E-state index is 13.1. The van der Waals surface area contributed by atoms with Gasteiger partial charge in [-0.15, -0.1) is 0 Å². The summed E-state index contributed by atoms with van der Waals surface area (Å²) >= 11 is 0. The molecule has 0 unspecified atom stereocenters. The SMILES string of the molecule is Cc1cn(-c2cc(CN3CCC[C@H](NC(=O)OC(C)(C)C)C3)cc(NC(=O)c3ncc(-c4ccccc4)o3)c2)cn1. The number of ether oxygens (including phenoxy) is 1. The first-order chi connectivity index (χ1) is 19.6. The minimum absolute atomic E-state index is 0.00101. The lowest BCUT2D eigenvalue weighted by Crippen LogP contribution is -2.48. The molecule has 4 aromatic rings. The van der Waals surface area contributed by atoms with Gasteiger partial charge in [-0.25, -0.2) is 14.8 Å². The van der Waals surface area contributed by atoms with Gasteiger partial charge in [0.2, 0.25) is 0 Å². The van der Waals surface area contributed by atoms with Gasteiger partial charge in [0.25, 0.3) is 5.89 Å². The van der Waals surface area contributed by atoms with Gasteiger partial charge in [0.1, 0.15) is 5.60 Å². The van der Waals surface area contributed by atoms with E-state index in [-0.39, 0.29) is 11.9 Å². The molecule has 1 fully saturated rings. The largest absolute Gasteiger partial charge is 0.444 e. The van der Waals surface area contributed by atoms with Crippen molar-refractivity contribution in [2.75, 3.05) is 18.4 Å². The summed E-state index contributed by atoms with van der Waals surface area (Å²) in [6.07, 6.45) is 6.70. The Bertz CT molecular complexity index is 1500. The van der Waals surface area contributed by atoms with Crippen molar-refractivity contribution in [1.29, 1.82) is 0 Å². The number of carbonyl (C=O) groups is 2. The lowest BCUT2D eigenvalue weighted by atomic mass is 10.0. The molecule has 0 saturated carbocycles. The van der Waals surface area contributed by atoms with E-state index in [9.17, 15) is 9.59 Å². The molecule has 3 heterocycles. The van der Waals surface area contributed by atoms with Crippen LogP contribution in [0.25, 0.3) is 17.0 Å². The third-order valence-corrected chi connectivity index (χ3v) is 6.64. The van der Waals surface area contributed by atoms with Crippen LogP contribution in [-0.2, 0) is 11.3 Å². The van der Waals surface area contributed by atoms with Crippen LogP contribution in [0.3, 0.4) is 0 Å². The predicted octanol–water partition coefficient (Wildman–Crippen LogP) is 5.58. The number of amides is 2. The van der Waals surface area contributed by atoms with Crippen LogP contribution >= 0.6 is 0 Å². The quantitative estimate of drug-likeness (QED) is 0.306. The fourth-order valence-electron chi connectivity index (χ4n) is 4.90. The lowest BCUT2D eigenvalue weighted by molar-refractivity contribution is 0.0470. The molecule has 2 aromatic heterocycles. The number of anilines is 1. The first-order valence-electron chi connectivity index (χ1n) is 13.8. The number of nitrogens with zero attached hydrogens (tertiary/aromatic N) is 4. The maximum atomic E-state index is 13.1. The number of benzene rings is 2. The normalized spacial score (nSPS) is 15.9. The Labute approximate surface area is 239 Å². The number of hydrogen-bond donors (Lipinski definition) is 2. The van der Waals surface area contributed by atoms with Crippen LogP contribution in [0.4, 0.5) is 10.5 Å². The van der Waals surface area contributed by atoms with E-state index < -0.39 is 17.6 Å². The zero-order valence-electron chi connectivity index (χ0n) is 23.9. The van der Waals surface area contributed by atoms with E-state index in [4.69, 9.17) is 9.15 Å². The first kappa shape index (κ1) is 28.1. The third kappa shape index (κ3) is 7.61. The van der Waals surface area contributed by atoms with Gasteiger partial charge in [-0.2, -0.15) is 0 Å². The number of nitrogens with one attached hydrogen (secondary N) is 2. The van der Waals surface area contributed by atoms with Crippen LogP contribution in [0.15, 0.2) is 71.7 Å². The Morgan fingerprint density at radius 3 is 2.66 bits per heavy atom. The molecule has 0 bridgehead atoms. The van der Waals surface area contributed by atoms with Crippen molar-refractivity contribution in [2.24, 2.45) is 0 Å². The number of oxazole rings is 1. The molecule has 1 saturated heterocycles. The Kier molecular flexibility index (Phi) is 8.21. The highest BCUT2D eigenvalue weighted by Crippen LogP contribution is 2.24. The summed E-state index contributed by atoms with van der Waals surface area (Å²) in [4.78, 5) is 36.3. The average molecular weight is 557 g/mol. The summed E-state index contributed by atoms with van der Waals surface area (Å²) in [7, 11) is 0. The van der Waals surface area contributed by atoms with Crippen molar-refractivity contribution < 1.29 is 18.7 Å². The number of rotatable bonds is 7. The molecule has 2 amide bonds. The molecular weight excluding hydrogens is 520 g/mol. The predicted molar refractivity (Wildman–Crippen MR) is 156 cm³/mol. The number of aryl methyl sites for hydroxylation is 1. The fraction of sp³-hybridized carbons (Fsp3) is 0.355. The molecule has 0 aliphatic carbocycles. The van der Waals surface area contributed by atoms with Crippen LogP contribution in [-0.4, -0.2) is 56.2 Å². The number of aromatic nitrogens is 3. The van der Waals surface area contributed by atoms with Gasteiger partial charge in [-0.05, 0) is 70.8 Å². The van der Waals surface area contributed by atoms with E-state index in [1.165, 1.54) is 0 Å². The van der Waals surface area contributed by atoms with Gasteiger partial charge in [0.05, 0.1) is 18.2 Å². The van der Waals surface area contributed by atoms with Gasteiger partial charge in [-0.1, -0.05) is 30.3 Å². The topological polar surface area (TPSA) is 115 Å². The maximum Gasteiger partial charge on any atom is 0.407 e. The van der Waals surface area contributed by atoms with E-state index >= 15 is 0 Å². The zero-order valence-corrected chi connectivity index (χ0v) is 23.9. The van der Waals surface area contributed by atoms with E-state index in [0.717, 1.165) is 41.9 Å². The number of imidazole rings is 1. The van der Waals surface area contributed by atoms with Crippen molar-refractivity contribution in [2.45, 2.75) is 58.7 Å². The standard InChI is InChI=1S/C31H36N6O4/c1-21-17-37(20-33-21)26-14-22(18-36-12-8-11-24(19-36)35-30(39)41-31(2,3)4)13-25(15-26)34-28(38)29-32-16-27(40-29)23-9-6-5-7-10-23/h5-7,9-10,13-17,20,24H,8,11-12,18-19H2,1-4H3,(H,34,38)(H,35,39)/t24-/m0/s1. The number of hydrogen-bond acceptors (Lipinski definition) is 7. The molecule has 0 radical (unpaired) electrons. The Morgan fingerprint density at radius 2 is 1.93 bits per heavy atom. The first-order valence-corrected chi connectivity index (χ1v) is 13.8. The second-order valence-electron chi connectivity index (χ2n) is 11.4. The fourth-order valence-corrected chi connectivity index (χ4v) is 4.90. The van der Waals surface area contributed by atoms with Crippen molar-refractivity contribution in [1.82, 2.24) is 24.8 Å². The summed E-state index contributed by atoms with van der Waals surface area (Å²) < 4.78 is 13.1. The zero-order chi connectivity index (χ0) is 29.0. The lowest BCUT2D eigenvalue weighted by Gasteiger charge is -2.33. The third-order valence-electron chi connectivity index (χ3n) is 6.64. The molecule has 5 rings (SSSR count). The van der Waals surface area contributed by atoms with Gasteiger partial charge in [0, 0.05) is 42.3 Å². The van der Waals surface area contributed by atoms with Crippen molar-refractivity contribution in [3.8, 4) is 17.0 Å². The molecule has 1 aliphatic rings. The molecular formula is C31H36N6O4. The molecule has 1 atom stereocenters. The Balaban J connectivity index is 1.32. The van der Waals surface area contributed by atoms with E-state index in [2.05, 4.69) is 31.6 Å². The van der Waals surface area contributed by atoms with Gasteiger partial charge >= 0.3 is 12.0 Å². The molecule has 214 valence electrons. The molecule has 1 aliphatic heterocycles. The van der Waals surface area contributed by atoms with E-state index in [1.807, 2.05) is 80.9 Å². The minimum atomic E-state index is -0.542. The van der Waals surface area contributed by atoms with Gasteiger partial charge in [-0.3, -0.25) is 9.69 Å². The molecule has 41 heavy (non-hydrogen) atoms. The number of alkyl carbamates (subject to hydrolysis) is 1. The Hall–Kier alpha value is -4.44. The highest BCUT2D eigenvalue weighted by molar-refractivity contribution is 6.01. The van der Waals surface area contributed by atoms with Crippen LogP contribution in [0, 0.1) is 6.92 Å². The van der Waals surface area contributed by atoms with Crippen molar-refractivity contribution >= 4 is 17.7 Å². The summed E-state index contributed by atoms with van der Waals surface area (Å²) in [5.41, 5.74) is 3.70.